The van der Waals surface area contributed by atoms with Crippen molar-refractivity contribution in [2.75, 3.05) is 38.7 Å². The zero-order valence-electron chi connectivity index (χ0n) is 18.5. The topological polar surface area (TPSA) is 70.7 Å². The number of amides is 2. The molecule has 1 saturated heterocycles. The van der Waals surface area contributed by atoms with E-state index in [0.717, 1.165) is 38.9 Å². The summed E-state index contributed by atoms with van der Waals surface area (Å²) in [6.45, 7) is 5.81. The highest BCUT2D eigenvalue weighted by atomic mass is 16.5. The van der Waals surface area contributed by atoms with Gasteiger partial charge >= 0.3 is 0 Å². The van der Waals surface area contributed by atoms with Crippen LogP contribution in [0, 0.1) is 12.8 Å². The molecule has 2 amide bonds. The average molecular weight is 424 g/mol. The van der Waals surface area contributed by atoms with Crippen molar-refractivity contribution in [3.05, 3.63) is 65.2 Å². The summed E-state index contributed by atoms with van der Waals surface area (Å²) >= 11 is 0. The first kappa shape index (κ1) is 23.0. The van der Waals surface area contributed by atoms with Gasteiger partial charge in [-0.15, -0.1) is 0 Å². The first-order valence-corrected chi connectivity index (χ1v) is 11.0. The fraction of sp³-hybridized carbons (Fsp3) is 0.440. The molecule has 1 fully saturated rings. The second-order valence-electron chi connectivity index (χ2n) is 8.20. The highest BCUT2D eigenvalue weighted by Crippen LogP contribution is 2.22. The molecule has 6 nitrogen and oxygen atoms in total. The van der Waals surface area contributed by atoms with Crippen molar-refractivity contribution in [2.24, 2.45) is 5.92 Å². The van der Waals surface area contributed by atoms with Crippen LogP contribution in [0.3, 0.4) is 0 Å². The predicted octanol–water partition coefficient (Wildman–Crippen LogP) is 3.61. The van der Waals surface area contributed by atoms with Crippen LogP contribution in [0.4, 0.5) is 5.69 Å². The number of hydrogen-bond donors (Lipinski definition) is 2. The van der Waals surface area contributed by atoms with Gasteiger partial charge < -0.3 is 15.4 Å². The van der Waals surface area contributed by atoms with E-state index in [9.17, 15) is 9.59 Å². The number of rotatable bonds is 9. The molecular formula is C25H33N3O3. The molecule has 0 radical (unpaired) electrons. The van der Waals surface area contributed by atoms with E-state index in [4.69, 9.17) is 4.74 Å². The Hall–Kier alpha value is -2.70. The van der Waals surface area contributed by atoms with Gasteiger partial charge in [0.1, 0.15) is 0 Å². The third-order valence-electron chi connectivity index (χ3n) is 5.61. The van der Waals surface area contributed by atoms with Gasteiger partial charge in [-0.05, 0) is 50.4 Å². The number of nitrogens with one attached hydrogen (secondary N) is 2. The predicted molar refractivity (Wildman–Crippen MR) is 123 cm³/mol. The van der Waals surface area contributed by atoms with Crippen molar-refractivity contribution in [3.63, 3.8) is 0 Å². The van der Waals surface area contributed by atoms with E-state index in [1.54, 1.807) is 19.2 Å². The lowest BCUT2D eigenvalue weighted by Crippen LogP contribution is -2.40. The van der Waals surface area contributed by atoms with Gasteiger partial charge in [0.25, 0.3) is 5.91 Å². The van der Waals surface area contributed by atoms with Crippen molar-refractivity contribution in [1.82, 2.24) is 10.2 Å². The number of carbonyl (C=O) groups excluding carboxylic acids is 2. The van der Waals surface area contributed by atoms with Gasteiger partial charge in [0.2, 0.25) is 5.91 Å². The van der Waals surface area contributed by atoms with E-state index >= 15 is 0 Å². The summed E-state index contributed by atoms with van der Waals surface area (Å²) in [5.74, 6) is -0.290. The Kier molecular flexibility index (Phi) is 8.62. The molecule has 0 aromatic heterocycles. The van der Waals surface area contributed by atoms with E-state index < -0.39 is 0 Å². The first-order chi connectivity index (χ1) is 15.1. The molecule has 1 aliphatic rings. The number of benzene rings is 2. The largest absolute Gasteiger partial charge is 0.385 e. The van der Waals surface area contributed by atoms with Gasteiger partial charge in [0, 0.05) is 33.4 Å². The molecule has 2 N–H and O–H groups in total. The maximum Gasteiger partial charge on any atom is 0.253 e. The Labute approximate surface area is 185 Å². The van der Waals surface area contributed by atoms with Crippen molar-refractivity contribution in [1.29, 1.82) is 0 Å². The normalized spacial score (nSPS) is 16.6. The molecule has 3 rings (SSSR count). The lowest BCUT2D eigenvalue weighted by molar-refractivity contribution is -0.121. The Morgan fingerprint density at radius 3 is 2.81 bits per heavy atom. The second-order valence-corrected chi connectivity index (χ2v) is 8.20. The maximum atomic E-state index is 13.0. The molecule has 1 unspecified atom stereocenters. The molecule has 166 valence electrons. The van der Waals surface area contributed by atoms with Gasteiger partial charge in [0.15, 0.2) is 0 Å². The second kappa shape index (κ2) is 11.6. The number of hydrogen-bond acceptors (Lipinski definition) is 4. The van der Waals surface area contributed by atoms with Gasteiger partial charge in [-0.3, -0.25) is 14.5 Å². The van der Waals surface area contributed by atoms with E-state index in [1.165, 1.54) is 11.1 Å². The van der Waals surface area contributed by atoms with Crippen LogP contribution in [0.5, 0.6) is 0 Å². The first-order valence-electron chi connectivity index (χ1n) is 11.0. The fourth-order valence-corrected chi connectivity index (χ4v) is 4.02. The standard InChI is InChI=1S/C25H33N3O3/c1-19-8-5-9-20(16-19)17-28-14-6-10-21(18-28)24(29)27-23-12-4-3-11-22(23)25(30)26-13-7-15-31-2/h3-5,8-9,11-12,16,21H,6-7,10,13-15,17-18H2,1-2H3,(H,26,30)(H,27,29). The van der Waals surface area contributed by atoms with Crippen LogP contribution in [-0.2, 0) is 16.1 Å². The smallest absolute Gasteiger partial charge is 0.253 e. The number of piperidine rings is 1. The third kappa shape index (κ3) is 6.91. The van der Waals surface area contributed by atoms with E-state index in [0.29, 0.717) is 24.4 Å². The highest BCUT2D eigenvalue weighted by molar-refractivity contribution is 6.04. The molecule has 31 heavy (non-hydrogen) atoms. The zero-order valence-corrected chi connectivity index (χ0v) is 18.5. The van der Waals surface area contributed by atoms with Crippen LogP contribution in [0.25, 0.3) is 0 Å². The molecule has 0 spiro atoms. The number of para-hydroxylation sites is 1. The van der Waals surface area contributed by atoms with Crippen LogP contribution in [-0.4, -0.2) is 50.1 Å². The van der Waals surface area contributed by atoms with Gasteiger partial charge in [0.05, 0.1) is 17.2 Å². The number of ether oxygens (including phenoxy) is 1. The minimum absolute atomic E-state index is 0.0198. The van der Waals surface area contributed by atoms with Crippen molar-refractivity contribution in [3.8, 4) is 0 Å². The number of methoxy groups -OCH3 is 1. The van der Waals surface area contributed by atoms with Crippen LogP contribution in [0.2, 0.25) is 0 Å². The Morgan fingerprint density at radius 2 is 2.00 bits per heavy atom. The minimum Gasteiger partial charge on any atom is -0.385 e. The lowest BCUT2D eigenvalue weighted by atomic mass is 9.96. The molecule has 1 aliphatic heterocycles. The summed E-state index contributed by atoms with van der Waals surface area (Å²) in [4.78, 5) is 27.9. The average Bonchev–Trinajstić information content (AvgIpc) is 2.77. The van der Waals surface area contributed by atoms with Crippen LogP contribution in [0.1, 0.15) is 40.7 Å². The summed E-state index contributed by atoms with van der Waals surface area (Å²) in [7, 11) is 1.64. The summed E-state index contributed by atoms with van der Waals surface area (Å²) in [6.07, 6.45) is 2.60. The quantitative estimate of drug-likeness (QED) is 0.605. The SMILES string of the molecule is COCCCNC(=O)c1ccccc1NC(=O)C1CCCN(Cc2cccc(C)c2)C1. The molecule has 0 aliphatic carbocycles. The van der Waals surface area contributed by atoms with Gasteiger partial charge in [-0.2, -0.15) is 0 Å². The van der Waals surface area contributed by atoms with Crippen LogP contribution < -0.4 is 10.6 Å². The van der Waals surface area contributed by atoms with Crippen molar-refractivity contribution < 1.29 is 14.3 Å². The van der Waals surface area contributed by atoms with E-state index in [2.05, 4.69) is 46.7 Å². The number of nitrogens with zero attached hydrogens (tertiary/aromatic N) is 1. The monoisotopic (exact) mass is 423 g/mol. The molecule has 6 heteroatoms. The molecular weight excluding hydrogens is 390 g/mol. The molecule has 1 heterocycles. The molecule has 0 bridgehead atoms. The maximum absolute atomic E-state index is 13.0. The zero-order chi connectivity index (χ0) is 22.1. The van der Waals surface area contributed by atoms with Gasteiger partial charge in [-0.1, -0.05) is 42.0 Å². The highest BCUT2D eigenvalue weighted by Gasteiger charge is 2.26. The number of aryl methyl sites for hydroxylation is 1. The van der Waals surface area contributed by atoms with Crippen LogP contribution in [0.15, 0.2) is 48.5 Å². The Balaban J connectivity index is 1.59. The minimum atomic E-state index is -0.184. The van der Waals surface area contributed by atoms with Crippen molar-refractivity contribution >= 4 is 17.5 Å². The molecule has 2 aromatic rings. The summed E-state index contributed by atoms with van der Waals surface area (Å²) in [6, 6.07) is 15.7. The number of likely N-dealkylation sites (tertiary alicyclic amines) is 1. The Morgan fingerprint density at radius 1 is 1.16 bits per heavy atom. The number of carbonyl (C=O) groups is 2. The van der Waals surface area contributed by atoms with Crippen molar-refractivity contribution in [2.45, 2.75) is 32.7 Å². The molecule has 2 aromatic carbocycles. The molecule has 1 atom stereocenters. The van der Waals surface area contributed by atoms with E-state index in [-0.39, 0.29) is 17.7 Å². The summed E-state index contributed by atoms with van der Waals surface area (Å²) < 4.78 is 5.01. The fourth-order valence-electron chi connectivity index (χ4n) is 4.02. The lowest BCUT2D eigenvalue weighted by Gasteiger charge is -2.32. The molecule has 0 saturated carbocycles. The Bertz CT molecular complexity index is 884. The third-order valence-corrected chi connectivity index (χ3v) is 5.61. The number of anilines is 1. The van der Waals surface area contributed by atoms with E-state index in [1.807, 2.05) is 12.1 Å². The summed E-state index contributed by atoms with van der Waals surface area (Å²) in [5.41, 5.74) is 3.57. The van der Waals surface area contributed by atoms with Gasteiger partial charge in [-0.25, -0.2) is 0 Å². The summed E-state index contributed by atoms with van der Waals surface area (Å²) in [5, 5.41) is 5.89. The van der Waals surface area contributed by atoms with Crippen LogP contribution >= 0.6 is 0 Å².